The number of likely N-dealkylation sites (N-methyl/N-ethyl adjacent to an activating group) is 1. The van der Waals surface area contributed by atoms with E-state index in [0.717, 1.165) is 36.5 Å². The molecular weight excluding hydrogens is 272 g/mol. The summed E-state index contributed by atoms with van der Waals surface area (Å²) in [6.45, 7) is 2.30. The molecule has 20 heavy (non-hydrogen) atoms. The maximum atomic E-state index is 6.24. The minimum atomic E-state index is 0.427. The highest BCUT2D eigenvalue weighted by molar-refractivity contribution is 6.33. The van der Waals surface area contributed by atoms with Crippen molar-refractivity contribution in [3.05, 3.63) is 46.2 Å². The monoisotopic (exact) mass is 288 g/mol. The molecule has 5 heteroatoms. The van der Waals surface area contributed by atoms with Crippen molar-refractivity contribution in [1.82, 2.24) is 14.9 Å². The van der Waals surface area contributed by atoms with Crippen molar-refractivity contribution in [1.29, 1.82) is 0 Å². The Balaban J connectivity index is 2.13. The molecule has 0 unspecified atom stereocenters. The Morgan fingerprint density at radius 2 is 2.10 bits per heavy atom. The molecule has 104 valence electrons. The molecule has 0 radical (unpaired) electrons. The van der Waals surface area contributed by atoms with Gasteiger partial charge in [-0.1, -0.05) is 23.7 Å². The number of benzene rings is 1. The van der Waals surface area contributed by atoms with E-state index < -0.39 is 0 Å². The smallest absolute Gasteiger partial charge is 0.161 e. The van der Waals surface area contributed by atoms with Crippen LogP contribution in [0.3, 0.4) is 0 Å². The lowest BCUT2D eigenvalue weighted by Gasteiger charge is -2.26. The third-order valence-electron chi connectivity index (χ3n) is 3.64. The van der Waals surface area contributed by atoms with E-state index in [1.807, 2.05) is 24.3 Å². The Kier molecular flexibility index (Phi) is 3.70. The summed E-state index contributed by atoms with van der Waals surface area (Å²) in [5, 5.41) is 0.670. The maximum absolute atomic E-state index is 6.24. The molecule has 0 atom stereocenters. The Bertz CT molecular complexity index is 625. The average Bonchev–Trinajstić information content (AvgIpc) is 2.46. The maximum Gasteiger partial charge on any atom is 0.161 e. The zero-order chi connectivity index (χ0) is 14.1. The molecule has 0 fully saturated rings. The molecule has 0 aliphatic carbocycles. The van der Waals surface area contributed by atoms with Gasteiger partial charge >= 0.3 is 0 Å². The molecule has 1 aromatic heterocycles. The minimum absolute atomic E-state index is 0.427. The lowest BCUT2D eigenvalue weighted by atomic mass is 10.0. The summed E-state index contributed by atoms with van der Waals surface area (Å²) < 4.78 is 0. The van der Waals surface area contributed by atoms with E-state index in [0.29, 0.717) is 17.4 Å². The first kappa shape index (κ1) is 13.5. The van der Waals surface area contributed by atoms with Crippen molar-refractivity contribution < 1.29 is 0 Å². The van der Waals surface area contributed by atoms with Crippen LogP contribution in [0.25, 0.3) is 11.4 Å². The van der Waals surface area contributed by atoms with Gasteiger partial charge in [-0.25, -0.2) is 9.97 Å². The second-order valence-electron chi connectivity index (χ2n) is 5.09. The molecule has 0 spiro atoms. The molecule has 3 rings (SSSR count). The Hall–Kier alpha value is -1.49. The molecule has 0 bridgehead atoms. The number of fused-ring (bicyclic) bond motifs is 1. The fourth-order valence-corrected chi connectivity index (χ4v) is 2.77. The second-order valence-corrected chi connectivity index (χ2v) is 5.50. The van der Waals surface area contributed by atoms with E-state index in [1.165, 1.54) is 5.56 Å². The van der Waals surface area contributed by atoms with Crippen molar-refractivity contribution in [2.24, 2.45) is 5.73 Å². The van der Waals surface area contributed by atoms with Gasteiger partial charge in [0.1, 0.15) is 0 Å². The highest BCUT2D eigenvalue weighted by atomic mass is 35.5. The highest BCUT2D eigenvalue weighted by Gasteiger charge is 2.20. The van der Waals surface area contributed by atoms with Gasteiger partial charge in [0.25, 0.3) is 0 Å². The average molecular weight is 289 g/mol. The van der Waals surface area contributed by atoms with Crippen LogP contribution < -0.4 is 5.73 Å². The first-order chi connectivity index (χ1) is 9.69. The van der Waals surface area contributed by atoms with Crippen LogP contribution in [-0.4, -0.2) is 28.5 Å². The van der Waals surface area contributed by atoms with Gasteiger partial charge in [-0.2, -0.15) is 0 Å². The number of hydrogen-bond acceptors (Lipinski definition) is 4. The molecule has 1 aliphatic rings. The summed E-state index contributed by atoms with van der Waals surface area (Å²) in [5.41, 5.74) is 9.94. The molecule has 4 nitrogen and oxygen atoms in total. The second kappa shape index (κ2) is 5.48. The summed E-state index contributed by atoms with van der Waals surface area (Å²) in [5.74, 6) is 0.680. The van der Waals surface area contributed by atoms with Gasteiger partial charge in [0.15, 0.2) is 5.82 Å². The van der Waals surface area contributed by atoms with Crippen LogP contribution in [0.1, 0.15) is 17.0 Å². The highest BCUT2D eigenvalue weighted by Crippen LogP contribution is 2.28. The summed E-state index contributed by atoms with van der Waals surface area (Å²) in [6.07, 6.45) is 0.929. The molecule has 0 saturated carbocycles. The van der Waals surface area contributed by atoms with Crippen LogP contribution in [-0.2, 0) is 19.5 Å². The molecule has 1 aliphatic heterocycles. The van der Waals surface area contributed by atoms with Crippen molar-refractivity contribution in [3.8, 4) is 11.4 Å². The molecular formula is C15H17ClN4. The normalized spacial score (nSPS) is 15.2. The van der Waals surface area contributed by atoms with Gasteiger partial charge in [0.05, 0.1) is 16.4 Å². The van der Waals surface area contributed by atoms with Crippen molar-refractivity contribution >= 4 is 11.6 Å². The molecule has 2 N–H and O–H groups in total. The van der Waals surface area contributed by atoms with E-state index in [1.54, 1.807) is 0 Å². The van der Waals surface area contributed by atoms with Crippen molar-refractivity contribution in [3.63, 3.8) is 0 Å². The quantitative estimate of drug-likeness (QED) is 0.921. The standard InChI is InChI=1S/C15H17ClN4/c1-20-7-6-13-11(9-20)14(8-17)19-15(18-13)10-4-2-3-5-12(10)16/h2-5H,6-9,17H2,1H3. The van der Waals surface area contributed by atoms with E-state index in [4.69, 9.17) is 22.3 Å². The topological polar surface area (TPSA) is 55.0 Å². The molecule has 2 heterocycles. The first-order valence-corrected chi connectivity index (χ1v) is 7.09. The van der Waals surface area contributed by atoms with Gasteiger partial charge in [-0.3, -0.25) is 0 Å². The van der Waals surface area contributed by atoms with Crippen molar-refractivity contribution in [2.45, 2.75) is 19.5 Å². The van der Waals surface area contributed by atoms with E-state index in [9.17, 15) is 0 Å². The van der Waals surface area contributed by atoms with E-state index in [-0.39, 0.29) is 0 Å². The zero-order valence-corrected chi connectivity index (χ0v) is 12.2. The van der Waals surface area contributed by atoms with E-state index >= 15 is 0 Å². The molecule has 0 saturated heterocycles. The van der Waals surface area contributed by atoms with Crippen LogP contribution in [0, 0.1) is 0 Å². The molecule has 0 amide bonds. The fraction of sp³-hybridized carbons (Fsp3) is 0.333. The lowest BCUT2D eigenvalue weighted by molar-refractivity contribution is 0.307. The van der Waals surface area contributed by atoms with Gasteiger partial charge < -0.3 is 10.6 Å². The van der Waals surface area contributed by atoms with Crippen molar-refractivity contribution in [2.75, 3.05) is 13.6 Å². The predicted molar refractivity (Wildman–Crippen MR) is 80.4 cm³/mol. The van der Waals surface area contributed by atoms with Crippen LogP contribution in [0.2, 0.25) is 5.02 Å². The number of nitrogens with zero attached hydrogens (tertiary/aromatic N) is 3. The predicted octanol–water partition coefficient (Wildman–Crippen LogP) is 2.24. The van der Waals surface area contributed by atoms with Crippen LogP contribution in [0.4, 0.5) is 0 Å². The first-order valence-electron chi connectivity index (χ1n) is 6.71. The van der Waals surface area contributed by atoms with Crippen LogP contribution in [0.15, 0.2) is 24.3 Å². The van der Waals surface area contributed by atoms with Gasteiger partial charge in [-0.05, 0) is 19.2 Å². The molecule has 2 aromatic rings. The van der Waals surface area contributed by atoms with Gasteiger partial charge in [0, 0.05) is 37.2 Å². The number of rotatable bonds is 2. The number of hydrogen-bond donors (Lipinski definition) is 1. The number of aromatic nitrogens is 2. The zero-order valence-electron chi connectivity index (χ0n) is 11.4. The summed E-state index contributed by atoms with van der Waals surface area (Å²) in [7, 11) is 2.10. The fourth-order valence-electron chi connectivity index (χ4n) is 2.55. The Labute approximate surface area is 123 Å². The summed E-state index contributed by atoms with van der Waals surface area (Å²) in [6, 6.07) is 7.65. The third kappa shape index (κ3) is 2.42. The SMILES string of the molecule is CN1CCc2nc(-c3ccccc3Cl)nc(CN)c2C1. The Morgan fingerprint density at radius 1 is 1.30 bits per heavy atom. The minimum Gasteiger partial charge on any atom is -0.325 e. The van der Waals surface area contributed by atoms with Gasteiger partial charge in [0.2, 0.25) is 0 Å². The molecule has 1 aromatic carbocycles. The summed E-state index contributed by atoms with van der Waals surface area (Å²) in [4.78, 5) is 11.6. The largest absolute Gasteiger partial charge is 0.325 e. The Morgan fingerprint density at radius 3 is 2.85 bits per heavy atom. The lowest BCUT2D eigenvalue weighted by Crippen LogP contribution is -2.29. The van der Waals surface area contributed by atoms with E-state index in [2.05, 4.69) is 16.9 Å². The number of nitrogens with two attached hydrogens (primary N) is 1. The summed E-state index contributed by atoms with van der Waals surface area (Å²) >= 11 is 6.24. The number of halogens is 1. The van der Waals surface area contributed by atoms with Crippen LogP contribution in [0.5, 0.6) is 0 Å². The van der Waals surface area contributed by atoms with Crippen LogP contribution >= 0.6 is 11.6 Å². The third-order valence-corrected chi connectivity index (χ3v) is 3.97. The van der Waals surface area contributed by atoms with Gasteiger partial charge in [-0.15, -0.1) is 0 Å².